The van der Waals surface area contributed by atoms with Gasteiger partial charge in [0.15, 0.2) is 0 Å². The molecular formula is C15H17N3O. The van der Waals surface area contributed by atoms with Crippen molar-refractivity contribution in [2.24, 2.45) is 7.05 Å². The Balaban J connectivity index is 1.88. The first-order valence-corrected chi connectivity index (χ1v) is 6.58. The van der Waals surface area contributed by atoms with E-state index in [9.17, 15) is 4.79 Å². The summed E-state index contributed by atoms with van der Waals surface area (Å²) in [5.41, 5.74) is 4.10. The SMILES string of the molecule is Cc1cccc(C(=O)Nc2c3c(nn2C)CCC3)c1. The zero-order valence-electron chi connectivity index (χ0n) is 11.2. The molecule has 0 spiro atoms. The van der Waals surface area contributed by atoms with E-state index in [1.165, 1.54) is 5.56 Å². The average molecular weight is 255 g/mol. The van der Waals surface area contributed by atoms with E-state index in [-0.39, 0.29) is 5.91 Å². The molecule has 1 aromatic carbocycles. The zero-order valence-corrected chi connectivity index (χ0v) is 11.2. The van der Waals surface area contributed by atoms with E-state index < -0.39 is 0 Å². The Morgan fingerprint density at radius 3 is 3.00 bits per heavy atom. The van der Waals surface area contributed by atoms with Crippen LogP contribution in [0.3, 0.4) is 0 Å². The lowest BCUT2D eigenvalue weighted by Gasteiger charge is -2.08. The van der Waals surface area contributed by atoms with Crippen molar-refractivity contribution < 1.29 is 4.79 Å². The Labute approximate surface area is 112 Å². The Bertz CT molecular complexity index is 643. The second-order valence-corrected chi connectivity index (χ2v) is 5.07. The van der Waals surface area contributed by atoms with Gasteiger partial charge in [-0.25, -0.2) is 0 Å². The molecule has 4 heteroatoms. The zero-order chi connectivity index (χ0) is 13.4. The van der Waals surface area contributed by atoms with Crippen LogP contribution in [-0.2, 0) is 19.9 Å². The number of hydrogen-bond donors (Lipinski definition) is 1. The van der Waals surface area contributed by atoms with Crippen LogP contribution in [0.1, 0.15) is 33.6 Å². The molecule has 2 aromatic rings. The molecular weight excluding hydrogens is 238 g/mol. The Kier molecular flexibility index (Phi) is 2.85. The molecule has 98 valence electrons. The van der Waals surface area contributed by atoms with Gasteiger partial charge in [0.25, 0.3) is 5.91 Å². The number of carbonyl (C=O) groups excluding carboxylic acids is 1. The van der Waals surface area contributed by atoms with Crippen molar-refractivity contribution in [3.05, 3.63) is 46.6 Å². The van der Waals surface area contributed by atoms with Crippen LogP contribution < -0.4 is 5.32 Å². The fraction of sp³-hybridized carbons (Fsp3) is 0.333. The summed E-state index contributed by atoms with van der Waals surface area (Å²) >= 11 is 0. The smallest absolute Gasteiger partial charge is 0.256 e. The van der Waals surface area contributed by atoms with Gasteiger partial charge in [-0.2, -0.15) is 5.10 Å². The summed E-state index contributed by atoms with van der Waals surface area (Å²) in [4.78, 5) is 12.3. The van der Waals surface area contributed by atoms with Gasteiger partial charge in [0, 0.05) is 18.2 Å². The second-order valence-electron chi connectivity index (χ2n) is 5.07. The van der Waals surface area contributed by atoms with Crippen LogP contribution in [-0.4, -0.2) is 15.7 Å². The minimum atomic E-state index is -0.0681. The number of hydrogen-bond acceptors (Lipinski definition) is 2. The maximum Gasteiger partial charge on any atom is 0.256 e. The van der Waals surface area contributed by atoms with Gasteiger partial charge in [-0.1, -0.05) is 17.7 Å². The van der Waals surface area contributed by atoms with Crippen LogP contribution in [0.25, 0.3) is 0 Å². The van der Waals surface area contributed by atoms with Crippen LogP contribution in [0.4, 0.5) is 5.82 Å². The molecule has 1 amide bonds. The normalized spacial score (nSPS) is 13.4. The summed E-state index contributed by atoms with van der Waals surface area (Å²) in [6.07, 6.45) is 3.15. The van der Waals surface area contributed by atoms with Crippen molar-refractivity contribution in [1.82, 2.24) is 9.78 Å². The first kappa shape index (κ1) is 12.0. The van der Waals surface area contributed by atoms with Gasteiger partial charge in [-0.15, -0.1) is 0 Å². The predicted molar refractivity (Wildman–Crippen MR) is 74.4 cm³/mol. The topological polar surface area (TPSA) is 46.9 Å². The highest BCUT2D eigenvalue weighted by molar-refractivity contribution is 6.04. The van der Waals surface area contributed by atoms with Gasteiger partial charge in [0.2, 0.25) is 0 Å². The molecule has 0 radical (unpaired) electrons. The van der Waals surface area contributed by atoms with E-state index in [0.717, 1.165) is 36.3 Å². The summed E-state index contributed by atoms with van der Waals surface area (Å²) in [7, 11) is 1.88. The van der Waals surface area contributed by atoms with Crippen molar-refractivity contribution in [2.45, 2.75) is 26.2 Å². The quantitative estimate of drug-likeness (QED) is 0.896. The Hall–Kier alpha value is -2.10. The minimum absolute atomic E-state index is 0.0681. The van der Waals surface area contributed by atoms with Crippen LogP contribution in [0, 0.1) is 6.92 Å². The van der Waals surface area contributed by atoms with Crippen molar-refractivity contribution in [3.63, 3.8) is 0 Å². The lowest BCUT2D eigenvalue weighted by Crippen LogP contribution is -2.15. The first-order chi connectivity index (χ1) is 9.15. The minimum Gasteiger partial charge on any atom is -0.307 e. The number of carbonyl (C=O) groups is 1. The molecule has 1 aromatic heterocycles. The first-order valence-electron chi connectivity index (χ1n) is 6.58. The number of aryl methyl sites for hydroxylation is 3. The van der Waals surface area contributed by atoms with Crippen molar-refractivity contribution >= 4 is 11.7 Å². The molecule has 0 atom stereocenters. The van der Waals surface area contributed by atoms with E-state index in [4.69, 9.17) is 0 Å². The van der Waals surface area contributed by atoms with E-state index in [1.807, 2.05) is 38.2 Å². The number of fused-ring (bicyclic) bond motifs is 1. The third-order valence-corrected chi connectivity index (χ3v) is 3.58. The number of nitrogens with zero attached hydrogens (tertiary/aromatic N) is 2. The molecule has 1 N–H and O–H groups in total. The highest BCUT2D eigenvalue weighted by Gasteiger charge is 2.22. The number of rotatable bonds is 2. The Morgan fingerprint density at radius 2 is 2.21 bits per heavy atom. The fourth-order valence-corrected chi connectivity index (χ4v) is 2.64. The second kappa shape index (κ2) is 4.53. The van der Waals surface area contributed by atoms with E-state index in [0.29, 0.717) is 5.56 Å². The van der Waals surface area contributed by atoms with E-state index >= 15 is 0 Å². The molecule has 1 aliphatic carbocycles. The number of nitrogens with one attached hydrogen (secondary N) is 1. The molecule has 0 unspecified atom stereocenters. The molecule has 0 saturated heterocycles. The largest absolute Gasteiger partial charge is 0.307 e. The lowest BCUT2D eigenvalue weighted by molar-refractivity contribution is 0.102. The molecule has 0 saturated carbocycles. The summed E-state index contributed by atoms with van der Waals surface area (Å²) in [5, 5.41) is 7.45. The number of aromatic nitrogens is 2. The molecule has 3 rings (SSSR count). The summed E-state index contributed by atoms with van der Waals surface area (Å²) in [6, 6.07) is 7.61. The maximum atomic E-state index is 12.3. The lowest BCUT2D eigenvalue weighted by atomic mass is 10.1. The van der Waals surface area contributed by atoms with E-state index in [1.54, 1.807) is 4.68 Å². The number of anilines is 1. The van der Waals surface area contributed by atoms with Crippen LogP contribution in [0.15, 0.2) is 24.3 Å². The molecule has 1 aliphatic rings. The summed E-state index contributed by atoms with van der Waals surface area (Å²) < 4.78 is 1.78. The van der Waals surface area contributed by atoms with Gasteiger partial charge < -0.3 is 5.32 Å². The summed E-state index contributed by atoms with van der Waals surface area (Å²) in [5.74, 6) is 0.778. The van der Waals surface area contributed by atoms with Gasteiger partial charge in [0.05, 0.1) is 5.69 Å². The number of benzene rings is 1. The van der Waals surface area contributed by atoms with Crippen molar-refractivity contribution in [2.75, 3.05) is 5.32 Å². The fourth-order valence-electron chi connectivity index (χ4n) is 2.64. The van der Waals surface area contributed by atoms with Gasteiger partial charge in [-0.05, 0) is 38.3 Å². The van der Waals surface area contributed by atoms with Gasteiger partial charge in [-0.3, -0.25) is 9.48 Å². The molecule has 0 bridgehead atoms. The van der Waals surface area contributed by atoms with Crippen molar-refractivity contribution in [1.29, 1.82) is 0 Å². The van der Waals surface area contributed by atoms with Gasteiger partial charge in [0.1, 0.15) is 5.82 Å². The van der Waals surface area contributed by atoms with Crippen molar-refractivity contribution in [3.8, 4) is 0 Å². The Morgan fingerprint density at radius 1 is 1.37 bits per heavy atom. The molecule has 4 nitrogen and oxygen atoms in total. The predicted octanol–water partition coefficient (Wildman–Crippen LogP) is 2.47. The standard InChI is InChI=1S/C15H17N3O/c1-10-5-3-6-11(9-10)15(19)16-14-12-7-4-8-13(12)17-18(14)2/h3,5-6,9H,4,7-8H2,1-2H3,(H,16,19). The average Bonchev–Trinajstić information content (AvgIpc) is 2.93. The van der Waals surface area contributed by atoms with Crippen LogP contribution >= 0.6 is 0 Å². The van der Waals surface area contributed by atoms with Crippen LogP contribution in [0.5, 0.6) is 0 Å². The molecule has 1 heterocycles. The third-order valence-electron chi connectivity index (χ3n) is 3.58. The summed E-state index contributed by atoms with van der Waals surface area (Å²) in [6.45, 7) is 1.98. The van der Waals surface area contributed by atoms with Crippen LogP contribution in [0.2, 0.25) is 0 Å². The monoisotopic (exact) mass is 255 g/mol. The number of amides is 1. The molecule has 0 fully saturated rings. The van der Waals surface area contributed by atoms with E-state index in [2.05, 4.69) is 10.4 Å². The molecule has 0 aliphatic heterocycles. The highest BCUT2D eigenvalue weighted by atomic mass is 16.1. The maximum absolute atomic E-state index is 12.3. The van der Waals surface area contributed by atoms with Gasteiger partial charge >= 0.3 is 0 Å². The highest BCUT2D eigenvalue weighted by Crippen LogP contribution is 2.28. The third kappa shape index (κ3) is 2.14. The molecule has 19 heavy (non-hydrogen) atoms.